The monoisotopic (exact) mass is 438 g/mol. The average Bonchev–Trinajstić information content (AvgIpc) is 3.17. The summed E-state index contributed by atoms with van der Waals surface area (Å²) in [5.74, 6) is -0.216. The lowest BCUT2D eigenvalue weighted by Gasteiger charge is -2.36. The molecule has 0 bridgehead atoms. The highest BCUT2D eigenvalue weighted by molar-refractivity contribution is 6.30. The van der Waals surface area contributed by atoms with Crippen molar-refractivity contribution in [1.29, 1.82) is 0 Å². The normalized spacial score (nSPS) is 15.7. The van der Waals surface area contributed by atoms with Gasteiger partial charge in [-0.2, -0.15) is 0 Å². The van der Waals surface area contributed by atoms with Gasteiger partial charge in [-0.05, 0) is 29.3 Å². The molecule has 2 N–H and O–H groups in total. The molecular formula is C24H27ClN4O2. The molecule has 1 atom stereocenters. The fourth-order valence-corrected chi connectivity index (χ4v) is 4.29. The Kier molecular flexibility index (Phi) is 6.59. The molecule has 1 aliphatic rings. The van der Waals surface area contributed by atoms with E-state index in [4.69, 9.17) is 11.6 Å². The molecule has 1 aromatic heterocycles. The Hall–Kier alpha value is -2.83. The van der Waals surface area contributed by atoms with Crippen molar-refractivity contribution in [3.63, 3.8) is 0 Å². The smallest absolute Gasteiger partial charge is 0.245 e. The number of fused-ring (bicyclic) bond motifs is 1. The lowest BCUT2D eigenvalue weighted by atomic mass is 10.0. The average molecular weight is 439 g/mol. The summed E-state index contributed by atoms with van der Waals surface area (Å²) in [5, 5.41) is 4.68. The molecule has 0 spiro atoms. The fraction of sp³-hybridized carbons (Fsp3) is 0.333. The van der Waals surface area contributed by atoms with Gasteiger partial charge < -0.3 is 15.2 Å². The van der Waals surface area contributed by atoms with Crippen molar-refractivity contribution in [3.05, 3.63) is 70.9 Å². The summed E-state index contributed by atoms with van der Waals surface area (Å²) in [4.78, 5) is 32.5. The molecular weight excluding hydrogens is 412 g/mol. The molecule has 0 aliphatic carbocycles. The van der Waals surface area contributed by atoms with Crippen molar-refractivity contribution in [3.8, 4) is 0 Å². The van der Waals surface area contributed by atoms with Crippen molar-refractivity contribution >= 4 is 34.3 Å². The number of benzene rings is 2. The number of hydrogen-bond donors (Lipinski definition) is 2. The standard InChI is InChI=1S/C24H27ClN4O2/c1-17(30)27-23(14-19-15-26-22-5-3-2-4-21(19)22)24(31)29-12-10-28(11-13-29)16-18-6-8-20(25)9-7-18/h2-9,15,23,26H,10-14,16H2,1H3,(H,27,30). The van der Waals surface area contributed by atoms with Crippen LogP contribution in [0.15, 0.2) is 54.7 Å². The fourth-order valence-electron chi connectivity index (χ4n) is 4.16. The zero-order valence-corrected chi connectivity index (χ0v) is 18.4. The highest BCUT2D eigenvalue weighted by Gasteiger charge is 2.29. The molecule has 4 rings (SSSR count). The van der Waals surface area contributed by atoms with E-state index in [9.17, 15) is 9.59 Å². The number of H-pyrrole nitrogens is 1. The molecule has 1 aliphatic heterocycles. The Morgan fingerprint density at radius 1 is 1.06 bits per heavy atom. The molecule has 0 radical (unpaired) electrons. The lowest BCUT2D eigenvalue weighted by molar-refractivity contribution is -0.137. The Balaban J connectivity index is 1.39. The molecule has 3 aromatic rings. The second-order valence-electron chi connectivity index (χ2n) is 8.04. The molecule has 1 fully saturated rings. The van der Waals surface area contributed by atoms with Crippen LogP contribution >= 0.6 is 11.6 Å². The SMILES string of the molecule is CC(=O)NC(Cc1c[nH]c2ccccc12)C(=O)N1CCN(Cc2ccc(Cl)cc2)CC1. The van der Waals surface area contributed by atoms with E-state index >= 15 is 0 Å². The third-order valence-corrected chi connectivity index (χ3v) is 6.03. The summed E-state index contributed by atoms with van der Waals surface area (Å²) in [6.45, 7) is 5.19. The second-order valence-corrected chi connectivity index (χ2v) is 8.48. The van der Waals surface area contributed by atoms with Crippen LogP contribution in [0.4, 0.5) is 0 Å². The van der Waals surface area contributed by atoms with E-state index in [2.05, 4.69) is 15.2 Å². The number of nitrogens with one attached hydrogen (secondary N) is 2. The molecule has 0 saturated carbocycles. The predicted octanol–water partition coefficient (Wildman–Crippen LogP) is 3.21. The van der Waals surface area contributed by atoms with Crippen LogP contribution in [0.2, 0.25) is 5.02 Å². The number of nitrogens with zero attached hydrogens (tertiary/aromatic N) is 2. The van der Waals surface area contributed by atoms with Crippen molar-refractivity contribution in [1.82, 2.24) is 20.1 Å². The number of aromatic amines is 1. The quantitative estimate of drug-likeness (QED) is 0.621. The Morgan fingerprint density at radius 3 is 2.48 bits per heavy atom. The van der Waals surface area contributed by atoms with E-state index in [1.807, 2.05) is 59.6 Å². The highest BCUT2D eigenvalue weighted by Crippen LogP contribution is 2.20. The van der Waals surface area contributed by atoms with Gasteiger partial charge in [-0.3, -0.25) is 14.5 Å². The summed E-state index contributed by atoms with van der Waals surface area (Å²) < 4.78 is 0. The van der Waals surface area contributed by atoms with Crippen molar-refractivity contribution < 1.29 is 9.59 Å². The Labute approximate surface area is 187 Å². The van der Waals surface area contributed by atoms with Gasteiger partial charge in [0.15, 0.2) is 0 Å². The topological polar surface area (TPSA) is 68.4 Å². The molecule has 31 heavy (non-hydrogen) atoms. The van der Waals surface area contributed by atoms with Gasteiger partial charge in [0, 0.05) is 68.2 Å². The summed E-state index contributed by atoms with van der Waals surface area (Å²) in [6.07, 6.45) is 2.39. The maximum atomic E-state index is 13.3. The van der Waals surface area contributed by atoms with E-state index in [-0.39, 0.29) is 11.8 Å². The number of amides is 2. The molecule has 2 aromatic carbocycles. The molecule has 1 saturated heterocycles. The number of piperazine rings is 1. The van der Waals surface area contributed by atoms with E-state index in [0.717, 1.165) is 41.1 Å². The first-order valence-electron chi connectivity index (χ1n) is 10.6. The number of carbonyl (C=O) groups excluding carboxylic acids is 2. The Bertz CT molecular complexity index is 1050. The van der Waals surface area contributed by atoms with Gasteiger partial charge in [0.05, 0.1) is 0 Å². The third-order valence-electron chi connectivity index (χ3n) is 5.78. The van der Waals surface area contributed by atoms with Crippen LogP contribution < -0.4 is 5.32 Å². The maximum absolute atomic E-state index is 13.3. The van der Waals surface area contributed by atoms with Gasteiger partial charge in [-0.1, -0.05) is 41.9 Å². The number of para-hydroxylation sites is 1. The van der Waals surface area contributed by atoms with Crippen LogP contribution in [0.1, 0.15) is 18.1 Å². The number of carbonyl (C=O) groups is 2. The van der Waals surface area contributed by atoms with Gasteiger partial charge in [-0.15, -0.1) is 0 Å². The van der Waals surface area contributed by atoms with Gasteiger partial charge in [-0.25, -0.2) is 0 Å². The minimum Gasteiger partial charge on any atom is -0.361 e. The van der Waals surface area contributed by atoms with Crippen molar-refractivity contribution in [2.24, 2.45) is 0 Å². The van der Waals surface area contributed by atoms with Crippen molar-refractivity contribution in [2.45, 2.75) is 25.9 Å². The molecule has 2 heterocycles. The predicted molar refractivity (Wildman–Crippen MR) is 123 cm³/mol. The number of aromatic nitrogens is 1. The molecule has 6 nitrogen and oxygen atoms in total. The van der Waals surface area contributed by atoms with Gasteiger partial charge in [0.25, 0.3) is 0 Å². The van der Waals surface area contributed by atoms with E-state index < -0.39 is 6.04 Å². The summed E-state index contributed by atoms with van der Waals surface area (Å²) in [6, 6.07) is 15.3. The van der Waals surface area contributed by atoms with Crippen LogP contribution in [0, 0.1) is 0 Å². The molecule has 7 heteroatoms. The van der Waals surface area contributed by atoms with Crippen LogP contribution in [0.3, 0.4) is 0 Å². The molecule has 2 amide bonds. The first kappa shape index (κ1) is 21.4. The van der Waals surface area contributed by atoms with Gasteiger partial charge in [0.1, 0.15) is 6.04 Å². The number of rotatable bonds is 6. The first-order valence-corrected chi connectivity index (χ1v) is 10.9. The number of hydrogen-bond acceptors (Lipinski definition) is 3. The third kappa shape index (κ3) is 5.27. The Morgan fingerprint density at radius 2 is 1.77 bits per heavy atom. The van der Waals surface area contributed by atoms with Crippen LogP contribution in [-0.2, 0) is 22.6 Å². The maximum Gasteiger partial charge on any atom is 0.245 e. The van der Waals surface area contributed by atoms with Gasteiger partial charge >= 0.3 is 0 Å². The second kappa shape index (κ2) is 9.54. The van der Waals surface area contributed by atoms with Crippen LogP contribution in [-0.4, -0.2) is 58.8 Å². The summed E-state index contributed by atoms with van der Waals surface area (Å²) in [5.41, 5.74) is 3.27. The summed E-state index contributed by atoms with van der Waals surface area (Å²) >= 11 is 5.97. The summed E-state index contributed by atoms with van der Waals surface area (Å²) in [7, 11) is 0. The van der Waals surface area contributed by atoms with E-state index in [1.54, 1.807) is 0 Å². The number of halogens is 1. The molecule has 1 unspecified atom stereocenters. The lowest BCUT2D eigenvalue weighted by Crippen LogP contribution is -2.55. The van der Waals surface area contributed by atoms with Crippen molar-refractivity contribution in [2.75, 3.05) is 26.2 Å². The van der Waals surface area contributed by atoms with Gasteiger partial charge in [0.2, 0.25) is 11.8 Å². The minimum atomic E-state index is -0.570. The molecule has 162 valence electrons. The minimum absolute atomic E-state index is 0.0216. The zero-order valence-electron chi connectivity index (χ0n) is 17.6. The zero-order chi connectivity index (χ0) is 21.8. The van der Waals surface area contributed by atoms with E-state index in [0.29, 0.717) is 19.5 Å². The van der Waals surface area contributed by atoms with E-state index in [1.165, 1.54) is 12.5 Å². The highest BCUT2D eigenvalue weighted by atomic mass is 35.5. The first-order chi connectivity index (χ1) is 15.0. The largest absolute Gasteiger partial charge is 0.361 e. The van der Waals surface area contributed by atoms with Crippen LogP contribution in [0.25, 0.3) is 10.9 Å². The van der Waals surface area contributed by atoms with Crippen LogP contribution in [0.5, 0.6) is 0 Å².